The van der Waals surface area contributed by atoms with Gasteiger partial charge in [0, 0.05) is 0 Å². The van der Waals surface area contributed by atoms with Crippen molar-refractivity contribution in [2.45, 2.75) is 12.5 Å². The van der Waals surface area contributed by atoms with Crippen LogP contribution in [0.15, 0.2) is 48.5 Å². The van der Waals surface area contributed by atoms with Crippen LogP contribution in [0.3, 0.4) is 0 Å². The van der Waals surface area contributed by atoms with Crippen molar-refractivity contribution in [2.75, 3.05) is 0 Å². The first-order chi connectivity index (χ1) is 8.03. The van der Waals surface area contributed by atoms with E-state index in [4.69, 9.17) is 0 Å². The predicted octanol–water partition coefficient (Wildman–Crippen LogP) is 3.22. The second-order valence-electron chi connectivity index (χ2n) is 4.03. The summed E-state index contributed by atoms with van der Waals surface area (Å²) >= 11 is 0. The predicted molar refractivity (Wildman–Crippen MR) is 61.5 cm³/mol. The summed E-state index contributed by atoms with van der Waals surface area (Å²) in [4.78, 5) is 0. The van der Waals surface area contributed by atoms with Crippen LogP contribution in [0.5, 0.6) is 0 Å². The van der Waals surface area contributed by atoms with Gasteiger partial charge in [0.2, 0.25) is 0 Å². The summed E-state index contributed by atoms with van der Waals surface area (Å²) in [6.07, 6.45) is 0. The van der Waals surface area contributed by atoms with Crippen LogP contribution in [-0.4, -0.2) is 5.11 Å². The van der Waals surface area contributed by atoms with Gasteiger partial charge in [-0.15, -0.1) is 0 Å². The molecule has 1 N–H and O–H groups in total. The Hall–Kier alpha value is -1.74. The van der Waals surface area contributed by atoms with Gasteiger partial charge in [-0.05, 0) is 24.6 Å². The van der Waals surface area contributed by atoms with Crippen LogP contribution < -0.4 is 0 Å². The Morgan fingerprint density at radius 3 is 1.94 bits per heavy atom. The van der Waals surface area contributed by atoms with Crippen molar-refractivity contribution < 1.29 is 13.9 Å². The van der Waals surface area contributed by atoms with Gasteiger partial charge in [-0.1, -0.05) is 36.4 Å². The van der Waals surface area contributed by atoms with Crippen LogP contribution >= 0.6 is 0 Å². The molecule has 3 heteroatoms. The Labute approximate surface area is 98.3 Å². The summed E-state index contributed by atoms with van der Waals surface area (Å²) in [5, 5.41) is 10.3. The van der Waals surface area contributed by atoms with Crippen molar-refractivity contribution in [1.29, 1.82) is 0 Å². The molecule has 1 unspecified atom stereocenters. The summed E-state index contributed by atoms with van der Waals surface area (Å²) in [5.74, 6) is -1.50. The van der Waals surface area contributed by atoms with Crippen molar-refractivity contribution in [3.05, 3.63) is 71.3 Å². The molecule has 0 fully saturated rings. The van der Waals surface area contributed by atoms with Crippen molar-refractivity contribution in [2.24, 2.45) is 0 Å². The molecule has 0 radical (unpaired) electrons. The van der Waals surface area contributed by atoms with Gasteiger partial charge in [0.25, 0.3) is 0 Å². The lowest BCUT2D eigenvalue weighted by Crippen LogP contribution is -2.25. The molecule has 1 nitrogen and oxygen atoms in total. The first-order valence-corrected chi connectivity index (χ1v) is 5.26. The maximum Gasteiger partial charge on any atom is 0.132 e. The number of rotatable bonds is 2. The molecule has 0 aliphatic rings. The molecule has 88 valence electrons. The Kier molecular flexibility index (Phi) is 2.94. The first kappa shape index (κ1) is 11.7. The Bertz CT molecular complexity index is 501. The molecular weight excluding hydrogens is 222 g/mol. The molecule has 2 aromatic rings. The van der Waals surface area contributed by atoms with E-state index in [2.05, 4.69) is 0 Å². The minimum Gasteiger partial charge on any atom is -0.380 e. The van der Waals surface area contributed by atoms with Crippen LogP contribution in [-0.2, 0) is 5.60 Å². The van der Waals surface area contributed by atoms with Gasteiger partial charge in [-0.3, -0.25) is 0 Å². The average Bonchev–Trinajstić information content (AvgIpc) is 2.29. The molecule has 2 aromatic carbocycles. The fourth-order valence-corrected chi connectivity index (χ4v) is 1.87. The van der Waals surface area contributed by atoms with E-state index in [-0.39, 0.29) is 5.56 Å². The Morgan fingerprint density at radius 1 is 0.882 bits per heavy atom. The number of benzene rings is 2. The van der Waals surface area contributed by atoms with E-state index in [9.17, 15) is 13.9 Å². The Morgan fingerprint density at radius 2 is 1.41 bits per heavy atom. The van der Waals surface area contributed by atoms with E-state index < -0.39 is 17.2 Å². The molecule has 1 atom stereocenters. The number of hydrogen-bond donors (Lipinski definition) is 1. The normalized spacial score (nSPS) is 14.4. The third-order valence-corrected chi connectivity index (χ3v) is 2.79. The van der Waals surface area contributed by atoms with Crippen LogP contribution in [0.1, 0.15) is 18.1 Å². The number of aliphatic hydroxyl groups is 1. The number of halogens is 2. The van der Waals surface area contributed by atoms with Crippen LogP contribution in [0, 0.1) is 11.6 Å². The largest absolute Gasteiger partial charge is 0.380 e. The zero-order valence-electron chi connectivity index (χ0n) is 9.32. The fraction of sp³-hybridized carbons (Fsp3) is 0.143. The Balaban J connectivity index is 2.60. The van der Waals surface area contributed by atoms with Crippen molar-refractivity contribution in [3.63, 3.8) is 0 Å². The lowest BCUT2D eigenvalue weighted by Gasteiger charge is -2.25. The van der Waals surface area contributed by atoms with Crippen LogP contribution in [0.2, 0.25) is 0 Å². The van der Waals surface area contributed by atoms with E-state index in [1.54, 1.807) is 30.3 Å². The van der Waals surface area contributed by atoms with Crippen LogP contribution in [0.4, 0.5) is 8.78 Å². The summed E-state index contributed by atoms with van der Waals surface area (Å²) < 4.78 is 27.3. The molecule has 0 heterocycles. The van der Waals surface area contributed by atoms with Gasteiger partial charge < -0.3 is 5.11 Å². The van der Waals surface area contributed by atoms with E-state index >= 15 is 0 Å². The first-order valence-electron chi connectivity index (χ1n) is 5.26. The zero-order valence-corrected chi connectivity index (χ0v) is 9.32. The van der Waals surface area contributed by atoms with Gasteiger partial charge in [-0.25, -0.2) is 8.78 Å². The summed E-state index contributed by atoms with van der Waals surface area (Å²) in [6.45, 7) is 1.38. The van der Waals surface area contributed by atoms with E-state index in [0.717, 1.165) is 12.1 Å². The molecule has 0 saturated heterocycles. The van der Waals surface area contributed by atoms with Crippen molar-refractivity contribution >= 4 is 0 Å². The van der Waals surface area contributed by atoms with E-state index in [0.29, 0.717) is 5.56 Å². The maximum absolute atomic E-state index is 13.6. The molecule has 0 saturated carbocycles. The number of hydrogen-bond acceptors (Lipinski definition) is 1. The SMILES string of the molecule is CC(O)(c1ccccc1)c1c(F)cccc1F. The van der Waals surface area contributed by atoms with Gasteiger partial charge in [0.1, 0.15) is 17.2 Å². The standard InChI is InChI=1S/C14H12F2O/c1-14(17,10-6-3-2-4-7-10)13-11(15)8-5-9-12(13)16/h2-9,17H,1H3. The minimum absolute atomic E-state index is 0.328. The van der Waals surface area contributed by atoms with Gasteiger partial charge in [-0.2, -0.15) is 0 Å². The molecule has 0 amide bonds. The lowest BCUT2D eigenvalue weighted by molar-refractivity contribution is 0.0934. The van der Waals surface area contributed by atoms with Crippen molar-refractivity contribution in [3.8, 4) is 0 Å². The minimum atomic E-state index is -1.68. The fourth-order valence-electron chi connectivity index (χ4n) is 1.87. The zero-order chi connectivity index (χ0) is 12.5. The average molecular weight is 234 g/mol. The topological polar surface area (TPSA) is 20.2 Å². The highest BCUT2D eigenvalue weighted by atomic mass is 19.1. The third-order valence-electron chi connectivity index (χ3n) is 2.79. The second-order valence-corrected chi connectivity index (χ2v) is 4.03. The molecule has 2 rings (SSSR count). The van der Waals surface area contributed by atoms with E-state index in [1.165, 1.54) is 13.0 Å². The second kappa shape index (κ2) is 4.26. The molecule has 0 aliphatic carbocycles. The molecule has 0 bridgehead atoms. The molecular formula is C14H12F2O. The van der Waals surface area contributed by atoms with Crippen LogP contribution in [0.25, 0.3) is 0 Å². The third kappa shape index (κ3) is 2.06. The highest BCUT2D eigenvalue weighted by Crippen LogP contribution is 2.32. The molecule has 0 aromatic heterocycles. The van der Waals surface area contributed by atoms with Gasteiger partial charge in [0.15, 0.2) is 0 Å². The maximum atomic E-state index is 13.6. The van der Waals surface area contributed by atoms with E-state index in [1.807, 2.05) is 0 Å². The quantitative estimate of drug-likeness (QED) is 0.845. The summed E-state index contributed by atoms with van der Waals surface area (Å²) in [7, 11) is 0. The monoisotopic (exact) mass is 234 g/mol. The smallest absolute Gasteiger partial charge is 0.132 e. The van der Waals surface area contributed by atoms with Gasteiger partial charge >= 0.3 is 0 Å². The molecule has 17 heavy (non-hydrogen) atoms. The van der Waals surface area contributed by atoms with Crippen molar-refractivity contribution in [1.82, 2.24) is 0 Å². The van der Waals surface area contributed by atoms with Gasteiger partial charge in [0.05, 0.1) is 5.56 Å². The molecule has 0 aliphatic heterocycles. The summed E-state index contributed by atoms with van der Waals surface area (Å²) in [6, 6.07) is 12.0. The highest BCUT2D eigenvalue weighted by Gasteiger charge is 2.31. The molecule has 0 spiro atoms. The lowest BCUT2D eigenvalue weighted by atomic mass is 9.87. The highest BCUT2D eigenvalue weighted by molar-refractivity contribution is 5.36. The summed E-state index contributed by atoms with van der Waals surface area (Å²) in [5.41, 5.74) is -1.56.